The lowest BCUT2D eigenvalue weighted by Crippen LogP contribution is -2.37. The van der Waals surface area contributed by atoms with Crippen molar-refractivity contribution < 1.29 is 14.7 Å². The van der Waals surface area contributed by atoms with Crippen LogP contribution in [0.2, 0.25) is 0 Å². The zero-order chi connectivity index (χ0) is 13.8. The Morgan fingerprint density at radius 2 is 2.21 bits per heavy atom. The maximum absolute atomic E-state index is 12.4. The topological polar surface area (TPSA) is 70.5 Å². The predicted molar refractivity (Wildman–Crippen MR) is 73.6 cm³/mol. The zero-order valence-electron chi connectivity index (χ0n) is 10.7. The molecule has 1 unspecified atom stereocenters. The minimum absolute atomic E-state index is 0.0912. The second kappa shape index (κ2) is 6.06. The first-order valence-electron chi connectivity index (χ1n) is 6.13. The Labute approximate surface area is 116 Å². The van der Waals surface area contributed by atoms with Gasteiger partial charge >= 0.3 is 5.97 Å². The Hall–Kier alpha value is -1.56. The molecule has 1 aromatic heterocycles. The van der Waals surface area contributed by atoms with Gasteiger partial charge in [0.05, 0.1) is 0 Å². The van der Waals surface area contributed by atoms with Crippen molar-refractivity contribution >= 4 is 23.6 Å². The summed E-state index contributed by atoms with van der Waals surface area (Å²) in [4.78, 5) is 29.0. The van der Waals surface area contributed by atoms with Crippen molar-refractivity contribution in [2.45, 2.75) is 18.9 Å². The molecule has 1 saturated heterocycles. The van der Waals surface area contributed by atoms with Gasteiger partial charge in [-0.3, -0.25) is 4.79 Å². The van der Waals surface area contributed by atoms with E-state index in [0.717, 1.165) is 25.1 Å². The van der Waals surface area contributed by atoms with Crippen molar-refractivity contribution in [2.75, 3.05) is 18.6 Å². The third-order valence-corrected chi connectivity index (χ3v) is 3.90. The average molecular weight is 280 g/mol. The number of aromatic nitrogens is 1. The van der Waals surface area contributed by atoms with E-state index < -0.39 is 5.97 Å². The summed E-state index contributed by atoms with van der Waals surface area (Å²) in [7, 11) is 0. The van der Waals surface area contributed by atoms with Gasteiger partial charge in [0.1, 0.15) is 11.4 Å². The number of carboxylic acids is 1. The number of carbonyl (C=O) groups is 2. The summed E-state index contributed by atoms with van der Waals surface area (Å²) in [6.07, 6.45) is 4.02. The number of carboxylic acid groups (broad SMARTS) is 1. The molecule has 2 rings (SSSR count). The number of rotatable bonds is 4. The van der Waals surface area contributed by atoms with Crippen molar-refractivity contribution in [2.24, 2.45) is 0 Å². The molecule has 1 amide bonds. The van der Waals surface area contributed by atoms with Gasteiger partial charge in [-0.05, 0) is 31.2 Å². The maximum Gasteiger partial charge on any atom is 0.354 e. The number of thioether (sulfide) groups is 1. The minimum atomic E-state index is -1.11. The summed E-state index contributed by atoms with van der Waals surface area (Å²) < 4.78 is 0. The molecule has 0 spiro atoms. The van der Waals surface area contributed by atoms with E-state index in [4.69, 9.17) is 5.11 Å². The van der Waals surface area contributed by atoms with Gasteiger partial charge in [0.2, 0.25) is 0 Å². The molecule has 19 heavy (non-hydrogen) atoms. The standard InChI is InChI=1S/C13H16N2O3S/c1-19-8-9-4-3-7-15(9)12(16)10-5-2-6-11(14-10)13(17)18/h2,5-6,9H,3-4,7-8H2,1H3,(H,17,18). The smallest absolute Gasteiger partial charge is 0.354 e. The molecule has 1 aliphatic heterocycles. The molecule has 102 valence electrons. The highest BCUT2D eigenvalue weighted by molar-refractivity contribution is 7.98. The average Bonchev–Trinajstić information content (AvgIpc) is 2.86. The van der Waals surface area contributed by atoms with Crippen molar-refractivity contribution in [3.63, 3.8) is 0 Å². The number of amides is 1. The Morgan fingerprint density at radius 1 is 1.47 bits per heavy atom. The van der Waals surface area contributed by atoms with Crippen molar-refractivity contribution in [3.05, 3.63) is 29.6 Å². The molecule has 6 heteroatoms. The zero-order valence-corrected chi connectivity index (χ0v) is 11.5. The first-order chi connectivity index (χ1) is 9.13. The minimum Gasteiger partial charge on any atom is -0.477 e. The van der Waals surface area contributed by atoms with Crippen LogP contribution in [0.3, 0.4) is 0 Å². The van der Waals surface area contributed by atoms with Crippen LogP contribution in [0, 0.1) is 0 Å². The van der Waals surface area contributed by atoms with E-state index in [1.54, 1.807) is 23.9 Å². The number of aromatic carboxylic acids is 1. The molecule has 5 nitrogen and oxygen atoms in total. The maximum atomic E-state index is 12.4. The van der Waals surface area contributed by atoms with Crippen LogP contribution in [0.15, 0.2) is 18.2 Å². The predicted octanol–water partition coefficient (Wildman–Crippen LogP) is 1.75. The first-order valence-corrected chi connectivity index (χ1v) is 7.53. The molecular formula is C13H16N2O3S. The fraction of sp³-hybridized carbons (Fsp3) is 0.462. The van der Waals surface area contributed by atoms with E-state index in [2.05, 4.69) is 4.98 Å². The van der Waals surface area contributed by atoms with Crippen LogP contribution in [0.5, 0.6) is 0 Å². The third-order valence-electron chi connectivity index (χ3n) is 3.18. The second-order valence-corrected chi connectivity index (χ2v) is 5.37. The quantitative estimate of drug-likeness (QED) is 0.909. The van der Waals surface area contributed by atoms with Gasteiger partial charge in [-0.25, -0.2) is 9.78 Å². The number of hydrogen-bond donors (Lipinski definition) is 1. The summed E-state index contributed by atoms with van der Waals surface area (Å²) >= 11 is 1.71. The molecule has 0 aliphatic carbocycles. The molecule has 1 N–H and O–H groups in total. The van der Waals surface area contributed by atoms with Crippen molar-refractivity contribution in [1.82, 2.24) is 9.88 Å². The summed E-state index contributed by atoms with van der Waals surface area (Å²) in [5.74, 6) is -0.374. The van der Waals surface area contributed by atoms with Gasteiger partial charge in [-0.2, -0.15) is 11.8 Å². The Kier molecular flexibility index (Phi) is 4.42. The molecule has 1 aromatic rings. The molecule has 1 aliphatic rings. The lowest BCUT2D eigenvalue weighted by molar-refractivity contribution is 0.0689. The van der Waals surface area contributed by atoms with Crippen LogP contribution in [-0.4, -0.2) is 51.5 Å². The normalized spacial score (nSPS) is 18.6. The van der Waals surface area contributed by atoms with Crippen LogP contribution in [0.1, 0.15) is 33.8 Å². The third kappa shape index (κ3) is 3.07. The number of carbonyl (C=O) groups excluding carboxylic acids is 1. The first kappa shape index (κ1) is 13.9. The number of pyridine rings is 1. The molecule has 1 atom stereocenters. The van der Waals surface area contributed by atoms with E-state index in [-0.39, 0.29) is 23.3 Å². The van der Waals surface area contributed by atoms with Gasteiger partial charge in [-0.15, -0.1) is 0 Å². The van der Waals surface area contributed by atoms with Gasteiger partial charge in [0, 0.05) is 18.3 Å². The van der Waals surface area contributed by atoms with Crippen LogP contribution in [0.25, 0.3) is 0 Å². The summed E-state index contributed by atoms with van der Waals surface area (Å²) in [5, 5.41) is 8.90. The Bertz CT molecular complexity index is 493. The summed E-state index contributed by atoms with van der Waals surface area (Å²) in [5.41, 5.74) is 0.124. The van der Waals surface area contributed by atoms with Crippen LogP contribution < -0.4 is 0 Å². The Morgan fingerprint density at radius 3 is 2.89 bits per heavy atom. The molecular weight excluding hydrogens is 264 g/mol. The van der Waals surface area contributed by atoms with E-state index in [1.165, 1.54) is 6.07 Å². The molecule has 1 fully saturated rings. The molecule has 2 heterocycles. The lowest BCUT2D eigenvalue weighted by Gasteiger charge is -2.23. The summed E-state index contributed by atoms with van der Waals surface area (Å²) in [6.45, 7) is 0.725. The lowest BCUT2D eigenvalue weighted by atomic mass is 10.2. The molecule has 0 radical (unpaired) electrons. The molecule has 0 aromatic carbocycles. The highest BCUT2D eigenvalue weighted by atomic mass is 32.2. The largest absolute Gasteiger partial charge is 0.477 e. The number of nitrogens with zero attached hydrogens (tertiary/aromatic N) is 2. The monoisotopic (exact) mass is 280 g/mol. The second-order valence-electron chi connectivity index (χ2n) is 4.46. The van der Waals surface area contributed by atoms with E-state index in [0.29, 0.717) is 0 Å². The highest BCUT2D eigenvalue weighted by Crippen LogP contribution is 2.22. The van der Waals surface area contributed by atoms with Gasteiger partial charge in [0.25, 0.3) is 5.91 Å². The molecule has 0 bridgehead atoms. The van der Waals surface area contributed by atoms with Crippen molar-refractivity contribution in [3.8, 4) is 0 Å². The van der Waals surface area contributed by atoms with Gasteiger partial charge in [0.15, 0.2) is 0 Å². The number of likely N-dealkylation sites (tertiary alicyclic amines) is 1. The van der Waals surface area contributed by atoms with Gasteiger partial charge < -0.3 is 10.0 Å². The van der Waals surface area contributed by atoms with Crippen LogP contribution in [-0.2, 0) is 0 Å². The molecule has 0 saturated carbocycles. The van der Waals surface area contributed by atoms with E-state index in [1.807, 2.05) is 11.2 Å². The number of hydrogen-bond acceptors (Lipinski definition) is 4. The van der Waals surface area contributed by atoms with E-state index >= 15 is 0 Å². The van der Waals surface area contributed by atoms with E-state index in [9.17, 15) is 9.59 Å². The van der Waals surface area contributed by atoms with Crippen LogP contribution >= 0.6 is 11.8 Å². The van der Waals surface area contributed by atoms with Crippen molar-refractivity contribution in [1.29, 1.82) is 0 Å². The fourth-order valence-corrected chi connectivity index (χ4v) is 3.02. The van der Waals surface area contributed by atoms with Gasteiger partial charge in [-0.1, -0.05) is 6.07 Å². The SMILES string of the molecule is CSCC1CCCN1C(=O)c1cccc(C(=O)O)n1. The summed E-state index contributed by atoms with van der Waals surface area (Å²) in [6, 6.07) is 4.76. The fourth-order valence-electron chi connectivity index (χ4n) is 2.29. The highest BCUT2D eigenvalue weighted by Gasteiger charge is 2.29. The van der Waals surface area contributed by atoms with Crippen LogP contribution in [0.4, 0.5) is 0 Å². The Balaban J connectivity index is 2.19.